The van der Waals surface area contributed by atoms with Crippen LogP contribution >= 0.6 is 0 Å². The molecule has 0 aliphatic heterocycles. The number of carboxylic acid groups (broad SMARTS) is 1. The summed E-state index contributed by atoms with van der Waals surface area (Å²) in [6, 6.07) is 2.94. The number of hydrogen-bond acceptors (Lipinski definition) is 3. The second-order valence-electron chi connectivity index (χ2n) is 6.71. The average Bonchev–Trinajstić information content (AvgIpc) is 2.75. The predicted octanol–water partition coefficient (Wildman–Crippen LogP) is 3.46. The summed E-state index contributed by atoms with van der Waals surface area (Å²) < 4.78 is 43.9. The Labute approximate surface area is 136 Å². The van der Waals surface area contributed by atoms with Crippen LogP contribution in [0.1, 0.15) is 43.9 Å². The van der Waals surface area contributed by atoms with E-state index < -0.39 is 34.9 Å². The molecule has 0 saturated carbocycles. The highest BCUT2D eigenvalue weighted by Crippen LogP contribution is 2.41. The lowest BCUT2D eigenvalue weighted by atomic mass is 9.90. The van der Waals surface area contributed by atoms with Crippen molar-refractivity contribution in [1.82, 2.24) is 5.32 Å². The van der Waals surface area contributed by atoms with E-state index in [9.17, 15) is 27.9 Å². The fraction of sp³-hybridized carbons (Fsp3) is 0.500. The fourth-order valence-electron chi connectivity index (χ4n) is 2.71. The van der Waals surface area contributed by atoms with Gasteiger partial charge in [-0.3, -0.25) is 0 Å². The molecule has 1 aliphatic carbocycles. The molecular formula is C16H18F3NO4. The summed E-state index contributed by atoms with van der Waals surface area (Å²) in [5, 5.41) is 11.9. The minimum atomic E-state index is -4.60. The van der Waals surface area contributed by atoms with Crippen molar-refractivity contribution in [2.24, 2.45) is 0 Å². The lowest BCUT2D eigenvalue weighted by molar-refractivity contribution is -0.145. The maximum Gasteiger partial charge on any atom is 0.416 e. The average molecular weight is 345 g/mol. The van der Waals surface area contributed by atoms with Crippen LogP contribution in [0.15, 0.2) is 18.2 Å². The zero-order valence-corrected chi connectivity index (χ0v) is 13.5. The molecule has 1 unspecified atom stereocenters. The van der Waals surface area contributed by atoms with Gasteiger partial charge in [0.1, 0.15) is 5.60 Å². The van der Waals surface area contributed by atoms with E-state index in [1.807, 2.05) is 0 Å². The van der Waals surface area contributed by atoms with Crippen molar-refractivity contribution >= 4 is 12.1 Å². The van der Waals surface area contributed by atoms with Gasteiger partial charge in [-0.25, -0.2) is 9.59 Å². The van der Waals surface area contributed by atoms with Crippen LogP contribution in [0.25, 0.3) is 0 Å². The van der Waals surface area contributed by atoms with Crippen LogP contribution in [0.2, 0.25) is 0 Å². The Morgan fingerprint density at radius 1 is 1.25 bits per heavy atom. The highest BCUT2D eigenvalue weighted by atomic mass is 19.4. The number of alkyl carbamates (subject to hydrolysis) is 1. The van der Waals surface area contributed by atoms with E-state index in [0.717, 1.165) is 12.1 Å². The molecule has 24 heavy (non-hydrogen) atoms. The summed E-state index contributed by atoms with van der Waals surface area (Å²) in [6.07, 6.45) is -5.39. The van der Waals surface area contributed by atoms with Crippen LogP contribution in [0.3, 0.4) is 0 Å². The third kappa shape index (κ3) is 3.47. The van der Waals surface area contributed by atoms with E-state index in [1.165, 1.54) is 6.07 Å². The lowest BCUT2D eigenvalue weighted by Crippen LogP contribution is -2.51. The number of rotatable bonds is 2. The second kappa shape index (κ2) is 5.68. The Kier molecular flexibility index (Phi) is 4.28. The molecule has 2 N–H and O–H groups in total. The summed E-state index contributed by atoms with van der Waals surface area (Å²) in [5.74, 6) is -1.42. The smallest absolute Gasteiger partial charge is 0.416 e. The quantitative estimate of drug-likeness (QED) is 0.861. The van der Waals surface area contributed by atoms with Crippen LogP contribution < -0.4 is 5.32 Å². The van der Waals surface area contributed by atoms with Crippen molar-refractivity contribution in [3.63, 3.8) is 0 Å². The SMILES string of the molecule is CC(C)(C)OC(=O)NC1(C(=O)O)CCc2ccc(C(F)(F)F)cc21. The molecule has 5 nitrogen and oxygen atoms in total. The molecule has 0 bridgehead atoms. The van der Waals surface area contributed by atoms with Gasteiger partial charge in [-0.15, -0.1) is 0 Å². The Balaban J connectivity index is 2.44. The van der Waals surface area contributed by atoms with Crippen molar-refractivity contribution in [3.8, 4) is 0 Å². The summed E-state index contributed by atoms with van der Waals surface area (Å²) in [7, 11) is 0. The highest BCUT2D eigenvalue weighted by molar-refractivity contribution is 5.87. The third-order valence-electron chi connectivity index (χ3n) is 3.75. The number of alkyl halides is 3. The van der Waals surface area contributed by atoms with E-state index >= 15 is 0 Å². The van der Waals surface area contributed by atoms with Gasteiger partial charge < -0.3 is 15.2 Å². The van der Waals surface area contributed by atoms with Gasteiger partial charge in [0.05, 0.1) is 5.56 Å². The van der Waals surface area contributed by atoms with Gasteiger partial charge in [-0.2, -0.15) is 13.2 Å². The predicted molar refractivity (Wildman–Crippen MR) is 78.4 cm³/mol. The zero-order valence-electron chi connectivity index (χ0n) is 13.5. The molecule has 0 saturated heterocycles. The minimum absolute atomic E-state index is 0.0434. The first-order valence-electron chi connectivity index (χ1n) is 7.30. The Morgan fingerprint density at radius 3 is 2.38 bits per heavy atom. The largest absolute Gasteiger partial charge is 0.479 e. The molecule has 1 aromatic rings. The van der Waals surface area contributed by atoms with Crippen molar-refractivity contribution in [2.75, 3.05) is 0 Å². The first-order valence-corrected chi connectivity index (χ1v) is 7.30. The van der Waals surface area contributed by atoms with Crippen molar-refractivity contribution in [2.45, 2.75) is 50.9 Å². The van der Waals surface area contributed by atoms with Gasteiger partial charge in [0.25, 0.3) is 0 Å². The van der Waals surface area contributed by atoms with Crippen LogP contribution in [-0.2, 0) is 27.7 Å². The summed E-state index contributed by atoms with van der Waals surface area (Å²) >= 11 is 0. The van der Waals surface area contributed by atoms with Gasteiger partial charge >= 0.3 is 18.2 Å². The molecule has 132 valence electrons. The molecule has 0 aromatic heterocycles. The maximum absolute atomic E-state index is 12.9. The number of carbonyl (C=O) groups is 2. The minimum Gasteiger partial charge on any atom is -0.479 e. The molecule has 0 radical (unpaired) electrons. The van der Waals surface area contributed by atoms with E-state index in [0.29, 0.717) is 5.56 Å². The van der Waals surface area contributed by atoms with Gasteiger partial charge in [-0.1, -0.05) is 6.07 Å². The molecule has 1 amide bonds. The summed E-state index contributed by atoms with van der Waals surface area (Å²) in [5.41, 5.74) is -3.35. The van der Waals surface area contributed by atoms with Gasteiger partial charge in [0.15, 0.2) is 5.54 Å². The van der Waals surface area contributed by atoms with Crippen LogP contribution in [0.4, 0.5) is 18.0 Å². The van der Waals surface area contributed by atoms with Crippen molar-refractivity contribution in [1.29, 1.82) is 0 Å². The number of hydrogen-bond donors (Lipinski definition) is 2. The van der Waals surface area contributed by atoms with E-state index in [4.69, 9.17) is 4.74 Å². The Hall–Kier alpha value is -2.25. The number of aryl methyl sites for hydroxylation is 1. The monoisotopic (exact) mass is 345 g/mol. The molecule has 1 aliphatic rings. The maximum atomic E-state index is 12.9. The number of carboxylic acids is 1. The van der Waals surface area contributed by atoms with Gasteiger partial charge in [0, 0.05) is 0 Å². The molecule has 2 rings (SSSR count). The molecule has 0 spiro atoms. The number of nitrogens with one attached hydrogen (secondary N) is 1. The second-order valence-corrected chi connectivity index (χ2v) is 6.71. The Morgan fingerprint density at radius 2 is 1.88 bits per heavy atom. The molecule has 1 aromatic carbocycles. The van der Waals surface area contributed by atoms with Gasteiger partial charge in [0.2, 0.25) is 0 Å². The van der Waals surface area contributed by atoms with Gasteiger partial charge in [-0.05, 0) is 56.9 Å². The number of amides is 1. The fourth-order valence-corrected chi connectivity index (χ4v) is 2.71. The third-order valence-corrected chi connectivity index (χ3v) is 3.75. The molecule has 1 atom stereocenters. The standard InChI is InChI=1S/C16H18F3NO4/c1-14(2,3)24-13(23)20-15(12(21)22)7-6-9-4-5-10(8-11(9)15)16(17,18)19/h4-5,8H,6-7H2,1-3H3,(H,20,23)(H,21,22). The first kappa shape index (κ1) is 18.1. The first-order chi connectivity index (χ1) is 10.8. The van der Waals surface area contributed by atoms with Crippen molar-refractivity contribution in [3.05, 3.63) is 34.9 Å². The van der Waals surface area contributed by atoms with Crippen molar-refractivity contribution < 1.29 is 32.6 Å². The number of benzene rings is 1. The Bertz CT molecular complexity index is 679. The lowest BCUT2D eigenvalue weighted by Gasteiger charge is -2.29. The topological polar surface area (TPSA) is 75.6 Å². The highest BCUT2D eigenvalue weighted by Gasteiger charge is 2.48. The molecule has 0 fully saturated rings. The van der Waals surface area contributed by atoms with E-state index in [1.54, 1.807) is 20.8 Å². The number of halogens is 3. The van der Waals surface area contributed by atoms with E-state index in [-0.39, 0.29) is 18.4 Å². The summed E-state index contributed by atoms with van der Waals surface area (Å²) in [6.45, 7) is 4.80. The van der Waals surface area contributed by atoms with Crippen LogP contribution in [0, 0.1) is 0 Å². The zero-order chi connectivity index (χ0) is 18.3. The molecular weight excluding hydrogens is 327 g/mol. The summed E-state index contributed by atoms with van der Waals surface area (Å²) in [4.78, 5) is 23.8. The molecule has 8 heteroatoms. The normalized spacial score (nSPS) is 20.4. The van der Waals surface area contributed by atoms with Crippen LogP contribution in [0.5, 0.6) is 0 Å². The molecule has 0 heterocycles. The van der Waals surface area contributed by atoms with Crippen LogP contribution in [-0.4, -0.2) is 22.8 Å². The number of fused-ring (bicyclic) bond motifs is 1. The number of carbonyl (C=O) groups excluding carboxylic acids is 1. The number of ether oxygens (including phenoxy) is 1. The number of aliphatic carboxylic acids is 1. The van der Waals surface area contributed by atoms with E-state index in [2.05, 4.69) is 5.32 Å².